The largest absolute Gasteiger partial charge is 0.386 e. The van der Waals surface area contributed by atoms with Crippen LogP contribution in [0.15, 0.2) is 0 Å². The number of aliphatic hydroxyl groups excluding tert-OH is 1. The first-order chi connectivity index (χ1) is 10.6. The predicted molar refractivity (Wildman–Crippen MR) is 98.2 cm³/mol. The molecule has 0 aromatic rings. The van der Waals surface area contributed by atoms with Crippen molar-refractivity contribution in [2.24, 2.45) is 0 Å². The summed E-state index contributed by atoms with van der Waals surface area (Å²) in [5, 5.41) is 13.7. The fraction of sp³-hybridized carbons (Fsp3) is 1.00. The van der Waals surface area contributed by atoms with Crippen molar-refractivity contribution in [2.45, 2.75) is 85.2 Å². The van der Waals surface area contributed by atoms with Gasteiger partial charge in [-0.05, 0) is 33.7 Å². The van der Waals surface area contributed by atoms with Gasteiger partial charge in [-0.25, -0.2) is 0 Å². The minimum atomic E-state index is -0.214. The SMILES string of the molecule is CCCCCCCCCCNCC(O)C[N+](CC)(CC)CC. The number of hydrogen-bond donors (Lipinski definition) is 2. The molecule has 1 unspecified atom stereocenters. The van der Waals surface area contributed by atoms with Crippen LogP contribution in [0, 0.1) is 0 Å². The first-order valence-electron chi connectivity index (χ1n) is 9.88. The lowest BCUT2D eigenvalue weighted by molar-refractivity contribution is -0.925. The molecule has 0 spiro atoms. The molecule has 0 aliphatic carbocycles. The Kier molecular flexibility index (Phi) is 14.4. The average Bonchev–Trinajstić information content (AvgIpc) is 2.54. The summed E-state index contributed by atoms with van der Waals surface area (Å²) in [4.78, 5) is 0. The summed E-state index contributed by atoms with van der Waals surface area (Å²) in [7, 11) is 0. The quantitative estimate of drug-likeness (QED) is 0.334. The second-order valence-corrected chi connectivity index (χ2v) is 6.81. The van der Waals surface area contributed by atoms with Crippen LogP contribution in [0.1, 0.15) is 79.1 Å². The lowest BCUT2D eigenvalue weighted by atomic mass is 10.1. The fourth-order valence-corrected chi connectivity index (χ4v) is 3.22. The molecule has 0 rings (SSSR count). The molecule has 22 heavy (non-hydrogen) atoms. The van der Waals surface area contributed by atoms with Crippen molar-refractivity contribution in [1.29, 1.82) is 0 Å². The molecule has 0 aliphatic heterocycles. The highest BCUT2D eigenvalue weighted by Crippen LogP contribution is 2.09. The highest BCUT2D eigenvalue weighted by molar-refractivity contribution is 4.60. The van der Waals surface area contributed by atoms with E-state index in [1.165, 1.54) is 51.4 Å². The summed E-state index contributed by atoms with van der Waals surface area (Å²) < 4.78 is 1.03. The van der Waals surface area contributed by atoms with E-state index in [1.54, 1.807) is 0 Å². The van der Waals surface area contributed by atoms with Crippen molar-refractivity contribution >= 4 is 0 Å². The van der Waals surface area contributed by atoms with E-state index < -0.39 is 0 Å². The summed E-state index contributed by atoms with van der Waals surface area (Å²) in [6, 6.07) is 0. The Balaban J connectivity index is 3.51. The number of quaternary nitrogens is 1. The minimum Gasteiger partial charge on any atom is -0.386 e. The number of aliphatic hydroxyl groups is 1. The third kappa shape index (κ3) is 10.6. The van der Waals surface area contributed by atoms with E-state index in [1.807, 2.05) is 0 Å². The number of unbranched alkanes of at least 4 members (excludes halogenated alkanes) is 7. The highest BCUT2D eigenvalue weighted by Gasteiger charge is 2.24. The van der Waals surface area contributed by atoms with Gasteiger partial charge in [-0.1, -0.05) is 51.9 Å². The normalized spacial score (nSPS) is 13.5. The van der Waals surface area contributed by atoms with E-state index in [0.717, 1.165) is 43.8 Å². The Bertz CT molecular complexity index is 221. The molecule has 0 bridgehead atoms. The average molecular weight is 316 g/mol. The highest BCUT2D eigenvalue weighted by atomic mass is 16.3. The second-order valence-electron chi connectivity index (χ2n) is 6.81. The van der Waals surface area contributed by atoms with Gasteiger partial charge >= 0.3 is 0 Å². The molecule has 0 fully saturated rings. The third-order valence-corrected chi connectivity index (χ3v) is 5.20. The van der Waals surface area contributed by atoms with Gasteiger partial charge in [0.05, 0.1) is 19.6 Å². The van der Waals surface area contributed by atoms with E-state index in [-0.39, 0.29) is 6.10 Å². The van der Waals surface area contributed by atoms with Crippen molar-refractivity contribution in [3.8, 4) is 0 Å². The molecule has 0 aromatic carbocycles. The number of rotatable bonds is 16. The Morgan fingerprint density at radius 2 is 1.27 bits per heavy atom. The summed E-state index contributed by atoms with van der Waals surface area (Å²) in [6.45, 7) is 15.0. The van der Waals surface area contributed by atoms with E-state index in [9.17, 15) is 5.11 Å². The van der Waals surface area contributed by atoms with Gasteiger partial charge < -0.3 is 14.9 Å². The second kappa shape index (κ2) is 14.5. The van der Waals surface area contributed by atoms with Gasteiger partial charge in [0.2, 0.25) is 0 Å². The van der Waals surface area contributed by atoms with Crippen LogP contribution in [-0.4, -0.2) is 55.0 Å². The Labute approximate surface area is 140 Å². The zero-order valence-electron chi connectivity index (χ0n) is 15.9. The van der Waals surface area contributed by atoms with Gasteiger partial charge in [-0.2, -0.15) is 0 Å². The number of likely N-dealkylation sites (N-methyl/N-ethyl adjacent to an activating group) is 1. The van der Waals surface area contributed by atoms with Crippen molar-refractivity contribution < 1.29 is 9.59 Å². The van der Waals surface area contributed by atoms with Crippen LogP contribution in [0.2, 0.25) is 0 Å². The van der Waals surface area contributed by atoms with Crippen molar-refractivity contribution in [3.63, 3.8) is 0 Å². The summed E-state index contributed by atoms with van der Waals surface area (Å²) >= 11 is 0. The fourth-order valence-electron chi connectivity index (χ4n) is 3.22. The molecule has 3 nitrogen and oxygen atoms in total. The first kappa shape index (κ1) is 21.9. The van der Waals surface area contributed by atoms with E-state index in [2.05, 4.69) is 33.0 Å². The Hall–Kier alpha value is -0.120. The van der Waals surface area contributed by atoms with Crippen LogP contribution in [0.5, 0.6) is 0 Å². The molecule has 0 saturated carbocycles. The molecular formula is C19H43N2O+. The Morgan fingerprint density at radius 3 is 1.77 bits per heavy atom. The number of hydrogen-bond acceptors (Lipinski definition) is 2. The summed E-state index contributed by atoms with van der Waals surface area (Å²) in [5.41, 5.74) is 0. The zero-order chi connectivity index (χ0) is 16.7. The van der Waals surface area contributed by atoms with Crippen LogP contribution in [0.3, 0.4) is 0 Å². The van der Waals surface area contributed by atoms with Gasteiger partial charge in [-0.15, -0.1) is 0 Å². The molecule has 1 atom stereocenters. The van der Waals surface area contributed by atoms with Gasteiger partial charge in [0.1, 0.15) is 12.6 Å². The minimum absolute atomic E-state index is 0.214. The van der Waals surface area contributed by atoms with Crippen LogP contribution in [0.25, 0.3) is 0 Å². The monoisotopic (exact) mass is 315 g/mol. The molecule has 0 amide bonds. The maximum absolute atomic E-state index is 10.2. The first-order valence-corrected chi connectivity index (χ1v) is 9.88. The van der Waals surface area contributed by atoms with Crippen LogP contribution in [-0.2, 0) is 0 Å². The van der Waals surface area contributed by atoms with Gasteiger partial charge in [0.25, 0.3) is 0 Å². The molecule has 3 heteroatoms. The molecule has 0 radical (unpaired) electrons. The van der Waals surface area contributed by atoms with Gasteiger partial charge in [0.15, 0.2) is 0 Å². The Morgan fingerprint density at radius 1 is 0.773 bits per heavy atom. The van der Waals surface area contributed by atoms with Crippen LogP contribution >= 0.6 is 0 Å². The number of nitrogens with one attached hydrogen (secondary N) is 1. The smallest absolute Gasteiger partial charge is 0.115 e. The maximum Gasteiger partial charge on any atom is 0.115 e. The lowest BCUT2D eigenvalue weighted by Crippen LogP contribution is -2.53. The maximum atomic E-state index is 10.2. The lowest BCUT2D eigenvalue weighted by Gasteiger charge is -2.37. The number of nitrogens with zero attached hydrogens (tertiary/aromatic N) is 1. The predicted octanol–water partition coefficient (Wildman–Crippen LogP) is 3.95. The van der Waals surface area contributed by atoms with Crippen molar-refractivity contribution in [2.75, 3.05) is 39.3 Å². The summed E-state index contributed by atoms with van der Waals surface area (Å²) in [5.74, 6) is 0. The van der Waals surface area contributed by atoms with Gasteiger partial charge in [0, 0.05) is 6.54 Å². The third-order valence-electron chi connectivity index (χ3n) is 5.20. The topological polar surface area (TPSA) is 32.3 Å². The van der Waals surface area contributed by atoms with Crippen LogP contribution in [0.4, 0.5) is 0 Å². The van der Waals surface area contributed by atoms with Crippen molar-refractivity contribution in [3.05, 3.63) is 0 Å². The van der Waals surface area contributed by atoms with Crippen molar-refractivity contribution in [1.82, 2.24) is 5.32 Å². The molecule has 0 aliphatic rings. The molecule has 134 valence electrons. The molecule has 2 N–H and O–H groups in total. The van der Waals surface area contributed by atoms with E-state index in [4.69, 9.17) is 0 Å². The van der Waals surface area contributed by atoms with Gasteiger partial charge in [-0.3, -0.25) is 0 Å². The molecular weight excluding hydrogens is 272 g/mol. The van der Waals surface area contributed by atoms with E-state index >= 15 is 0 Å². The summed E-state index contributed by atoms with van der Waals surface area (Å²) in [6.07, 6.45) is 10.7. The molecule has 0 saturated heterocycles. The van der Waals surface area contributed by atoms with E-state index in [0.29, 0.717) is 0 Å². The van der Waals surface area contributed by atoms with Crippen LogP contribution < -0.4 is 5.32 Å². The molecule has 0 aromatic heterocycles. The molecule has 0 heterocycles. The zero-order valence-corrected chi connectivity index (χ0v) is 15.9. The standard InChI is InChI=1S/C19H43N2O/c1-5-9-10-11-12-13-14-15-16-20-17-19(22)18-21(6-2,7-3)8-4/h19-20,22H,5-18H2,1-4H3/q+1.